The van der Waals surface area contributed by atoms with Crippen molar-refractivity contribution in [3.8, 4) is 11.5 Å². The second-order valence-electron chi connectivity index (χ2n) is 7.12. The second kappa shape index (κ2) is 8.36. The standard InChI is InChI=1S/C25H22N2O4/c1-16-7-11-19(12-8-16)27-24(28)22(17-9-13-20(30-2)14-10-17)23(25(27)29)26-18-5-4-6-21(15-18)31-3/h4-15,26H,1-3H3. The van der Waals surface area contributed by atoms with E-state index in [4.69, 9.17) is 9.47 Å². The van der Waals surface area contributed by atoms with Gasteiger partial charge in [-0.15, -0.1) is 0 Å². The van der Waals surface area contributed by atoms with Crippen molar-refractivity contribution in [3.05, 3.63) is 89.6 Å². The normalized spacial score (nSPS) is 13.6. The first-order valence-corrected chi connectivity index (χ1v) is 9.77. The lowest BCUT2D eigenvalue weighted by molar-refractivity contribution is -0.120. The van der Waals surface area contributed by atoms with Crippen molar-refractivity contribution in [1.29, 1.82) is 0 Å². The van der Waals surface area contributed by atoms with E-state index in [0.29, 0.717) is 34.0 Å². The van der Waals surface area contributed by atoms with E-state index in [1.54, 1.807) is 56.7 Å². The van der Waals surface area contributed by atoms with Crippen LogP contribution in [0.25, 0.3) is 5.57 Å². The lowest BCUT2D eigenvalue weighted by Crippen LogP contribution is -2.32. The maximum atomic E-state index is 13.4. The van der Waals surface area contributed by atoms with Crippen LogP contribution in [-0.4, -0.2) is 26.0 Å². The van der Waals surface area contributed by atoms with Crippen molar-refractivity contribution in [2.24, 2.45) is 0 Å². The van der Waals surface area contributed by atoms with Crippen LogP contribution in [0.15, 0.2) is 78.5 Å². The molecule has 3 aromatic rings. The molecule has 6 heteroatoms. The van der Waals surface area contributed by atoms with Gasteiger partial charge in [-0.2, -0.15) is 0 Å². The predicted octanol–water partition coefficient (Wildman–Crippen LogP) is 4.41. The highest BCUT2D eigenvalue weighted by Gasteiger charge is 2.40. The van der Waals surface area contributed by atoms with Crippen molar-refractivity contribution in [2.45, 2.75) is 6.92 Å². The Morgan fingerprint density at radius 2 is 1.45 bits per heavy atom. The quantitative estimate of drug-likeness (QED) is 0.605. The molecule has 0 aliphatic carbocycles. The Bertz CT molecular complexity index is 1160. The Morgan fingerprint density at radius 3 is 2.10 bits per heavy atom. The van der Waals surface area contributed by atoms with Gasteiger partial charge in [0, 0.05) is 11.8 Å². The van der Waals surface area contributed by atoms with Gasteiger partial charge >= 0.3 is 0 Å². The molecule has 0 fully saturated rings. The molecule has 0 saturated carbocycles. The van der Waals surface area contributed by atoms with Crippen LogP contribution in [0, 0.1) is 6.92 Å². The first kappa shape index (κ1) is 20.2. The number of methoxy groups -OCH3 is 2. The summed E-state index contributed by atoms with van der Waals surface area (Å²) < 4.78 is 10.5. The van der Waals surface area contributed by atoms with Gasteiger partial charge in [0.2, 0.25) is 0 Å². The molecule has 1 aliphatic rings. The number of anilines is 2. The highest BCUT2D eigenvalue weighted by molar-refractivity contribution is 6.46. The number of amides is 2. The molecule has 31 heavy (non-hydrogen) atoms. The van der Waals surface area contributed by atoms with Crippen molar-refractivity contribution in [1.82, 2.24) is 0 Å². The van der Waals surface area contributed by atoms with Gasteiger partial charge in [0.15, 0.2) is 0 Å². The van der Waals surface area contributed by atoms with Crippen molar-refractivity contribution in [3.63, 3.8) is 0 Å². The van der Waals surface area contributed by atoms with Crippen LogP contribution in [0.5, 0.6) is 11.5 Å². The number of benzene rings is 3. The summed E-state index contributed by atoms with van der Waals surface area (Å²) >= 11 is 0. The highest BCUT2D eigenvalue weighted by Crippen LogP contribution is 2.34. The lowest BCUT2D eigenvalue weighted by atomic mass is 10.0. The zero-order valence-corrected chi connectivity index (χ0v) is 17.5. The second-order valence-corrected chi connectivity index (χ2v) is 7.12. The van der Waals surface area contributed by atoms with Crippen molar-refractivity contribution < 1.29 is 19.1 Å². The van der Waals surface area contributed by atoms with Gasteiger partial charge in [-0.25, -0.2) is 4.90 Å². The molecule has 3 aromatic carbocycles. The Balaban J connectivity index is 1.80. The fourth-order valence-corrected chi connectivity index (χ4v) is 3.44. The lowest BCUT2D eigenvalue weighted by Gasteiger charge is -2.15. The molecule has 0 unspecified atom stereocenters. The summed E-state index contributed by atoms with van der Waals surface area (Å²) in [6.45, 7) is 1.95. The van der Waals surface area contributed by atoms with Crippen molar-refractivity contribution >= 4 is 28.8 Å². The number of rotatable bonds is 6. The number of hydrogen-bond donors (Lipinski definition) is 1. The average Bonchev–Trinajstić information content (AvgIpc) is 3.04. The Morgan fingerprint density at radius 1 is 0.774 bits per heavy atom. The molecule has 0 atom stereocenters. The van der Waals surface area contributed by atoms with Gasteiger partial charge < -0.3 is 14.8 Å². The van der Waals surface area contributed by atoms with Crippen LogP contribution in [0.4, 0.5) is 11.4 Å². The Labute approximate surface area is 180 Å². The van der Waals surface area contributed by atoms with Crippen LogP contribution in [0.3, 0.4) is 0 Å². The maximum absolute atomic E-state index is 13.4. The zero-order chi connectivity index (χ0) is 22.0. The molecular weight excluding hydrogens is 392 g/mol. The van der Waals surface area contributed by atoms with Gasteiger partial charge in [-0.05, 0) is 48.9 Å². The zero-order valence-electron chi connectivity index (χ0n) is 17.5. The van der Waals surface area contributed by atoms with E-state index in [2.05, 4.69) is 5.32 Å². The van der Waals surface area contributed by atoms with E-state index < -0.39 is 5.91 Å². The molecule has 0 aromatic heterocycles. The minimum Gasteiger partial charge on any atom is -0.497 e. The van der Waals surface area contributed by atoms with Crippen LogP contribution < -0.4 is 19.7 Å². The first-order valence-electron chi connectivity index (χ1n) is 9.77. The van der Waals surface area contributed by atoms with Crippen LogP contribution in [-0.2, 0) is 9.59 Å². The summed E-state index contributed by atoms with van der Waals surface area (Å²) in [6.07, 6.45) is 0. The molecule has 2 amide bonds. The number of hydrogen-bond acceptors (Lipinski definition) is 5. The van der Waals surface area contributed by atoms with E-state index in [1.807, 2.05) is 37.3 Å². The molecular formula is C25H22N2O4. The molecule has 0 spiro atoms. The number of ether oxygens (including phenoxy) is 2. The number of nitrogens with zero attached hydrogens (tertiary/aromatic N) is 1. The fourth-order valence-electron chi connectivity index (χ4n) is 3.44. The molecule has 0 radical (unpaired) electrons. The van der Waals surface area contributed by atoms with E-state index in [9.17, 15) is 9.59 Å². The number of aryl methyl sites for hydroxylation is 1. The Kier molecular flexibility index (Phi) is 5.45. The molecule has 1 heterocycles. The molecule has 1 aliphatic heterocycles. The third kappa shape index (κ3) is 3.88. The molecule has 156 valence electrons. The van der Waals surface area contributed by atoms with E-state index in [0.717, 1.165) is 5.56 Å². The largest absolute Gasteiger partial charge is 0.497 e. The highest BCUT2D eigenvalue weighted by atomic mass is 16.5. The molecule has 1 N–H and O–H groups in total. The summed E-state index contributed by atoms with van der Waals surface area (Å²) in [5.41, 5.74) is 3.35. The number of imide groups is 1. The van der Waals surface area contributed by atoms with E-state index >= 15 is 0 Å². The Hall–Kier alpha value is -4.06. The smallest absolute Gasteiger partial charge is 0.282 e. The van der Waals surface area contributed by atoms with Crippen molar-refractivity contribution in [2.75, 3.05) is 24.4 Å². The monoisotopic (exact) mass is 414 g/mol. The van der Waals surface area contributed by atoms with Crippen LogP contribution in [0.2, 0.25) is 0 Å². The van der Waals surface area contributed by atoms with Crippen LogP contribution in [0.1, 0.15) is 11.1 Å². The van der Waals surface area contributed by atoms with E-state index in [-0.39, 0.29) is 11.6 Å². The number of nitrogens with one attached hydrogen (secondary N) is 1. The maximum Gasteiger partial charge on any atom is 0.282 e. The minimum atomic E-state index is -0.414. The van der Waals surface area contributed by atoms with Gasteiger partial charge in [0.1, 0.15) is 17.2 Å². The predicted molar refractivity (Wildman–Crippen MR) is 120 cm³/mol. The van der Waals surface area contributed by atoms with Gasteiger partial charge in [0.25, 0.3) is 11.8 Å². The summed E-state index contributed by atoms with van der Waals surface area (Å²) in [4.78, 5) is 28.0. The number of carbonyl (C=O) groups excluding carboxylic acids is 2. The molecule has 6 nitrogen and oxygen atoms in total. The van der Waals surface area contributed by atoms with Gasteiger partial charge in [-0.3, -0.25) is 9.59 Å². The molecule has 4 rings (SSSR count). The van der Waals surface area contributed by atoms with Gasteiger partial charge in [-0.1, -0.05) is 35.9 Å². The summed E-state index contributed by atoms with van der Waals surface area (Å²) in [6, 6.07) is 21.5. The summed E-state index contributed by atoms with van der Waals surface area (Å²) in [7, 11) is 3.15. The summed E-state index contributed by atoms with van der Waals surface area (Å²) in [5, 5.41) is 3.14. The number of carbonyl (C=O) groups is 2. The SMILES string of the molecule is COc1ccc(C2=C(Nc3cccc(OC)c3)C(=O)N(c3ccc(C)cc3)C2=O)cc1. The third-order valence-electron chi connectivity index (χ3n) is 5.09. The average molecular weight is 414 g/mol. The fraction of sp³-hybridized carbons (Fsp3) is 0.120. The topological polar surface area (TPSA) is 67.9 Å². The molecule has 0 saturated heterocycles. The molecule has 0 bridgehead atoms. The minimum absolute atomic E-state index is 0.212. The van der Waals surface area contributed by atoms with Gasteiger partial charge in [0.05, 0.1) is 25.5 Å². The van der Waals surface area contributed by atoms with Crippen LogP contribution >= 0.6 is 0 Å². The first-order chi connectivity index (χ1) is 15.0. The summed E-state index contributed by atoms with van der Waals surface area (Å²) in [5.74, 6) is 0.509. The van der Waals surface area contributed by atoms with E-state index in [1.165, 1.54) is 4.90 Å². The third-order valence-corrected chi connectivity index (χ3v) is 5.09.